The summed E-state index contributed by atoms with van der Waals surface area (Å²) in [4.78, 5) is 4.23. The quantitative estimate of drug-likeness (QED) is 0.617. The van der Waals surface area contributed by atoms with E-state index in [1.165, 1.54) is 11.6 Å². The van der Waals surface area contributed by atoms with Gasteiger partial charge in [-0.05, 0) is 60.7 Å². The SMILES string of the molecule is CN=C(NCCc1ccc2c(c1)OCO2)NCCc1ccc(F)cc1C. The van der Waals surface area contributed by atoms with E-state index in [-0.39, 0.29) is 5.82 Å². The van der Waals surface area contributed by atoms with E-state index in [0.717, 1.165) is 54.5 Å². The van der Waals surface area contributed by atoms with E-state index in [1.54, 1.807) is 13.1 Å². The summed E-state index contributed by atoms with van der Waals surface area (Å²) in [5, 5.41) is 6.59. The standard InChI is InChI=1S/C20H24FN3O2/c1-14-11-17(21)5-4-16(14)8-10-24-20(22-2)23-9-7-15-3-6-18-19(12-15)26-13-25-18/h3-6,11-12H,7-10,13H2,1-2H3,(H2,22,23,24). The molecular weight excluding hydrogens is 333 g/mol. The minimum atomic E-state index is -0.194. The Hall–Kier alpha value is -2.76. The molecular formula is C20H24FN3O2. The summed E-state index contributed by atoms with van der Waals surface area (Å²) in [5.41, 5.74) is 3.28. The molecule has 26 heavy (non-hydrogen) atoms. The lowest BCUT2D eigenvalue weighted by atomic mass is 10.1. The lowest BCUT2D eigenvalue weighted by Crippen LogP contribution is -2.39. The Morgan fingerprint density at radius 3 is 2.58 bits per heavy atom. The molecule has 0 spiro atoms. The van der Waals surface area contributed by atoms with Crippen molar-refractivity contribution in [3.05, 3.63) is 58.9 Å². The molecule has 0 amide bonds. The highest BCUT2D eigenvalue weighted by atomic mass is 19.1. The van der Waals surface area contributed by atoms with Crippen LogP contribution in [0.2, 0.25) is 0 Å². The number of hydrogen-bond donors (Lipinski definition) is 2. The van der Waals surface area contributed by atoms with Crippen molar-refractivity contribution < 1.29 is 13.9 Å². The van der Waals surface area contributed by atoms with Gasteiger partial charge in [-0.25, -0.2) is 4.39 Å². The first-order valence-corrected chi connectivity index (χ1v) is 8.74. The van der Waals surface area contributed by atoms with Crippen LogP contribution in [0.5, 0.6) is 11.5 Å². The molecule has 0 saturated carbocycles. The fourth-order valence-electron chi connectivity index (χ4n) is 2.90. The van der Waals surface area contributed by atoms with Gasteiger partial charge in [0.1, 0.15) is 5.82 Å². The van der Waals surface area contributed by atoms with Crippen molar-refractivity contribution in [3.8, 4) is 11.5 Å². The molecule has 138 valence electrons. The van der Waals surface area contributed by atoms with Crippen LogP contribution in [0.15, 0.2) is 41.4 Å². The third-order valence-electron chi connectivity index (χ3n) is 4.36. The molecule has 0 unspecified atom stereocenters. The molecule has 2 aromatic rings. The first-order valence-electron chi connectivity index (χ1n) is 8.74. The van der Waals surface area contributed by atoms with Crippen LogP contribution in [0.25, 0.3) is 0 Å². The van der Waals surface area contributed by atoms with Gasteiger partial charge in [0.05, 0.1) is 0 Å². The minimum absolute atomic E-state index is 0.194. The van der Waals surface area contributed by atoms with E-state index in [2.05, 4.69) is 15.6 Å². The van der Waals surface area contributed by atoms with Crippen molar-refractivity contribution in [2.45, 2.75) is 19.8 Å². The number of hydrogen-bond acceptors (Lipinski definition) is 3. The lowest BCUT2D eigenvalue weighted by Gasteiger charge is -2.13. The number of aryl methyl sites for hydroxylation is 1. The highest BCUT2D eigenvalue weighted by Crippen LogP contribution is 2.32. The van der Waals surface area contributed by atoms with Gasteiger partial charge in [0.25, 0.3) is 0 Å². The molecule has 5 nitrogen and oxygen atoms in total. The highest BCUT2D eigenvalue weighted by Gasteiger charge is 2.12. The zero-order valence-corrected chi connectivity index (χ0v) is 15.1. The van der Waals surface area contributed by atoms with Crippen molar-refractivity contribution in [1.29, 1.82) is 0 Å². The average Bonchev–Trinajstić information content (AvgIpc) is 3.10. The number of fused-ring (bicyclic) bond motifs is 1. The van der Waals surface area contributed by atoms with Crippen molar-refractivity contribution in [1.82, 2.24) is 10.6 Å². The van der Waals surface area contributed by atoms with E-state index in [9.17, 15) is 4.39 Å². The minimum Gasteiger partial charge on any atom is -0.454 e. The molecule has 2 aromatic carbocycles. The molecule has 0 saturated heterocycles. The Labute approximate surface area is 153 Å². The third kappa shape index (κ3) is 4.65. The molecule has 0 atom stereocenters. The summed E-state index contributed by atoms with van der Waals surface area (Å²) in [6, 6.07) is 10.9. The van der Waals surface area contributed by atoms with E-state index in [0.29, 0.717) is 6.79 Å². The molecule has 1 aliphatic heterocycles. The fraction of sp³-hybridized carbons (Fsp3) is 0.350. The maximum atomic E-state index is 13.1. The summed E-state index contributed by atoms with van der Waals surface area (Å²) in [7, 11) is 1.75. The van der Waals surface area contributed by atoms with Gasteiger partial charge in [0.2, 0.25) is 6.79 Å². The van der Waals surface area contributed by atoms with Crippen LogP contribution in [0, 0.1) is 12.7 Å². The maximum absolute atomic E-state index is 13.1. The van der Waals surface area contributed by atoms with Crippen LogP contribution in [0.4, 0.5) is 4.39 Å². The number of ether oxygens (including phenoxy) is 2. The largest absolute Gasteiger partial charge is 0.454 e. The molecule has 1 aliphatic rings. The van der Waals surface area contributed by atoms with E-state index in [1.807, 2.05) is 31.2 Å². The van der Waals surface area contributed by atoms with Crippen molar-refractivity contribution in [2.24, 2.45) is 4.99 Å². The molecule has 1 heterocycles. The van der Waals surface area contributed by atoms with Gasteiger partial charge in [-0.2, -0.15) is 0 Å². The first-order chi connectivity index (χ1) is 12.7. The summed E-state index contributed by atoms with van der Waals surface area (Å²) in [5.74, 6) is 2.17. The Kier molecular flexibility index (Phi) is 5.94. The van der Waals surface area contributed by atoms with Gasteiger partial charge in [-0.1, -0.05) is 12.1 Å². The molecule has 0 radical (unpaired) electrons. The molecule has 2 N–H and O–H groups in total. The second-order valence-corrected chi connectivity index (χ2v) is 6.18. The summed E-state index contributed by atoms with van der Waals surface area (Å²) in [6.07, 6.45) is 1.67. The summed E-state index contributed by atoms with van der Waals surface area (Å²) < 4.78 is 23.9. The summed E-state index contributed by atoms with van der Waals surface area (Å²) in [6.45, 7) is 3.71. The predicted molar refractivity (Wildman–Crippen MR) is 100 cm³/mol. The number of nitrogens with zero attached hydrogens (tertiary/aromatic N) is 1. The van der Waals surface area contributed by atoms with Crippen LogP contribution in [0.1, 0.15) is 16.7 Å². The molecule has 0 bridgehead atoms. The number of benzene rings is 2. The number of nitrogens with one attached hydrogen (secondary N) is 2. The third-order valence-corrected chi connectivity index (χ3v) is 4.36. The van der Waals surface area contributed by atoms with Gasteiger partial charge >= 0.3 is 0 Å². The van der Waals surface area contributed by atoms with Gasteiger partial charge in [-0.3, -0.25) is 4.99 Å². The van der Waals surface area contributed by atoms with Crippen molar-refractivity contribution >= 4 is 5.96 Å². The Bertz CT molecular complexity index is 793. The van der Waals surface area contributed by atoms with Crippen LogP contribution >= 0.6 is 0 Å². The smallest absolute Gasteiger partial charge is 0.231 e. The Morgan fingerprint density at radius 2 is 1.81 bits per heavy atom. The van der Waals surface area contributed by atoms with Crippen LogP contribution < -0.4 is 20.1 Å². The van der Waals surface area contributed by atoms with Crippen LogP contribution in [-0.2, 0) is 12.8 Å². The number of rotatable bonds is 6. The predicted octanol–water partition coefficient (Wildman–Crippen LogP) is 2.81. The second kappa shape index (κ2) is 8.56. The molecule has 0 fully saturated rings. The Morgan fingerprint density at radius 1 is 1.04 bits per heavy atom. The molecule has 0 aromatic heterocycles. The van der Waals surface area contributed by atoms with E-state index < -0.39 is 0 Å². The first kappa shape index (κ1) is 18.0. The number of aliphatic imine (C=N–C) groups is 1. The fourth-order valence-corrected chi connectivity index (χ4v) is 2.90. The Balaban J connectivity index is 1.42. The van der Waals surface area contributed by atoms with Crippen LogP contribution in [0.3, 0.4) is 0 Å². The molecule has 0 aliphatic carbocycles. The molecule has 3 rings (SSSR count). The van der Waals surface area contributed by atoms with Gasteiger partial charge in [0, 0.05) is 20.1 Å². The normalized spacial score (nSPS) is 13.0. The van der Waals surface area contributed by atoms with Crippen molar-refractivity contribution in [2.75, 3.05) is 26.9 Å². The summed E-state index contributed by atoms with van der Waals surface area (Å²) >= 11 is 0. The average molecular weight is 357 g/mol. The van der Waals surface area contributed by atoms with Crippen LogP contribution in [-0.4, -0.2) is 32.9 Å². The second-order valence-electron chi connectivity index (χ2n) is 6.18. The number of halogens is 1. The van der Waals surface area contributed by atoms with Gasteiger partial charge < -0.3 is 20.1 Å². The topological polar surface area (TPSA) is 54.9 Å². The van der Waals surface area contributed by atoms with Gasteiger partial charge in [-0.15, -0.1) is 0 Å². The number of guanidine groups is 1. The monoisotopic (exact) mass is 357 g/mol. The zero-order valence-electron chi connectivity index (χ0n) is 15.1. The van der Waals surface area contributed by atoms with E-state index in [4.69, 9.17) is 9.47 Å². The lowest BCUT2D eigenvalue weighted by molar-refractivity contribution is 0.174. The highest BCUT2D eigenvalue weighted by molar-refractivity contribution is 5.79. The molecule has 6 heteroatoms. The zero-order chi connectivity index (χ0) is 18.4. The van der Waals surface area contributed by atoms with Gasteiger partial charge in [0.15, 0.2) is 17.5 Å². The maximum Gasteiger partial charge on any atom is 0.231 e. The van der Waals surface area contributed by atoms with Crippen molar-refractivity contribution in [3.63, 3.8) is 0 Å². The van der Waals surface area contributed by atoms with E-state index >= 15 is 0 Å².